The SMILES string of the molecule is C/C=C(\C)[SiH2]C1[C-]=CC=C1.[C-]1=CC=CC1.[Cl-].[Cl-].[Ti+4]. The summed E-state index contributed by atoms with van der Waals surface area (Å²) in [6, 6.07) is 0. The van der Waals surface area contributed by atoms with Gasteiger partial charge >= 0.3 is 21.7 Å². The molecule has 0 aromatic carbocycles. The number of allylic oxidation sites excluding steroid dienone is 10. The van der Waals surface area contributed by atoms with Crippen LogP contribution in [0.4, 0.5) is 0 Å². The van der Waals surface area contributed by atoms with Crippen LogP contribution in [0.25, 0.3) is 0 Å². The second-order valence-electron chi connectivity index (χ2n) is 3.67. The van der Waals surface area contributed by atoms with Crippen molar-refractivity contribution >= 4 is 9.52 Å². The van der Waals surface area contributed by atoms with Gasteiger partial charge in [0, 0.05) is 9.52 Å². The first kappa shape index (κ1) is 23.3. The van der Waals surface area contributed by atoms with E-state index in [4.69, 9.17) is 0 Å². The Balaban J connectivity index is -0.000000245. The number of hydrogen-bond donors (Lipinski definition) is 0. The Labute approximate surface area is 141 Å². The number of rotatable bonds is 2. The van der Waals surface area contributed by atoms with Gasteiger partial charge < -0.3 is 24.8 Å². The summed E-state index contributed by atoms with van der Waals surface area (Å²) in [5, 5.41) is 1.58. The molecule has 1 unspecified atom stereocenters. The largest absolute Gasteiger partial charge is 4.00 e. The average Bonchev–Trinajstić information content (AvgIpc) is 2.92. The predicted molar refractivity (Wildman–Crippen MR) is 70.2 cm³/mol. The van der Waals surface area contributed by atoms with Gasteiger partial charge in [0.05, 0.1) is 0 Å². The molecule has 0 radical (unpaired) electrons. The molecule has 0 spiro atoms. The molecule has 18 heavy (non-hydrogen) atoms. The standard InChI is InChI=1S/C9H13Si.C5H5.2ClH.Ti/c1-3-8(2)10-9-6-4-5-7-9;1-2-4-5-3-1;;;/h3-6,9H,10H2,1-2H3;1-3H,4H2;2*1H;/q2*-1;;;+4/p-2/b8-3+;;;;. The van der Waals surface area contributed by atoms with Crippen molar-refractivity contribution < 1.29 is 46.5 Å². The Hall–Kier alpha value is 0.211. The van der Waals surface area contributed by atoms with Crippen LogP contribution in [0.1, 0.15) is 20.3 Å². The van der Waals surface area contributed by atoms with Gasteiger partial charge in [0.1, 0.15) is 0 Å². The fourth-order valence-corrected chi connectivity index (χ4v) is 2.83. The molecule has 0 N–H and O–H groups in total. The quantitative estimate of drug-likeness (QED) is 0.376. The van der Waals surface area contributed by atoms with E-state index in [0.29, 0.717) is 5.54 Å². The Morgan fingerprint density at radius 2 is 2.00 bits per heavy atom. The first-order chi connectivity index (χ1) is 7.33. The zero-order chi connectivity index (χ0) is 10.9. The molecule has 2 aliphatic carbocycles. The van der Waals surface area contributed by atoms with E-state index in [2.05, 4.69) is 50.3 Å². The topological polar surface area (TPSA) is 0 Å². The maximum absolute atomic E-state index is 3.31. The van der Waals surface area contributed by atoms with Crippen molar-refractivity contribution in [1.82, 2.24) is 0 Å². The first-order valence-electron chi connectivity index (χ1n) is 5.42. The molecule has 0 aliphatic heterocycles. The van der Waals surface area contributed by atoms with Crippen LogP contribution in [0.3, 0.4) is 0 Å². The van der Waals surface area contributed by atoms with Gasteiger partial charge in [-0.2, -0.15) is 12.2 Å². The molecule has 2 rings (SSSR count). The summed E-state index contributed by atoms with van der Waals surface area (Å²) in [7, 11) is -0.0559. The second-order valence-corrected chi connectivity index (χ2v) is 6.07. The molecule has 0 saturated heterocycles. The van der Waals surface area contributed by atoms with Crippen LogP contribution in [0.5, 0.6) is 0 Å². The summed E-state index contributed by atoms with van der Waals surface area (Å²) in [4.78, 5) is 0. The van der Waals surface area contributed by atoms with Crippen LogP contribution in [0.2, 0.25) is 5.54 Å². The van der Waals surface area contributed by atoms with Crippen LogP contribution in [0, 0.1) is 12.2 Å². The molecule has 1 atom stereocenters. The molecule has 0 nitrogen and oxygen atoms in total. The van der Waals surface area contributed by atoms with E-state index in [-0.39, 0.29) is 56.1 Å². The summed E-state index contributed by atoms with van der Waals surface area (Å²) in [6.45, 7) is 4.34. The third kappa shape index (κ3) is 11.3. The van der Waals surface area contributed by atoms with E-state index in [1.54, 1.807) is 5.20 Å². The molecule has 0 saturated carbocycles. The molecular weight excluding hydrogens is 315 g/mol. The van der Waals surface area contributed by atoms with Crippen molar-refractivity contribution in [2.45, 2.75) is 25.8 Å². The van der Waals surface area contributed by atoms with Crippen molar-refractivity contribution in [3.05, 3.63) is 59.9 Å². The monoisotopic (exact) mass is 332 g/mol. The maximum atomic E-state index is 3.31. The van der Waals surface area contributed by atoms with E-state index >= 15 is 0 Å². The fraction of sp³-hybridized carbons (Fsp3) is 0.286. The molecule has 0 bridgehead atoms. The number of hydrogen-bond acceptors (Lipinski definition) is 0. The van der Waals surface area contributed by atoms with Crippen molar-refractivity contribution in [1.29, 1.82) is 0 Å². The van der Waals surface area contributed by atoms with E-state index in [1.165, 1.54) is 0 Å². The van der Waals surface area contributed by atoms with Crippen LogP contribution in [-0.2, 0) is 21.7 Å². The Morgan fingerprint density at radius 1 is 1.28 bits per heavy atom. The normalized spacial score (nSPS) is 19.0. The molecule has 2 aliphatic rings. The van der Waals surface area contributed by atoms with E-state index < -0.39 is 0 Å². The van der Waals surface area contributed by atoms with Gasteiger partial charge in [0.25, 0.3) is 0 Å². The van der Waals surface area contributed by atoms with Gasteiger partial charge in [-0.05, 0) is 13.8 Å². The van der Waals surface area contributed by atoms with Crippen molar-refractivity contribution in [2.24, 2.45) is 0 Å². The zero-order valence-corrected chi connectivity index (χ0v) is 15.3. The van der Waals surface area contributed by atoms with Crippen molar-refractivity contribution in [3.8, 4) is 0 Å². The van der Waals surface area contributed by atoms with Crippen molar-refractivity contribution in [2.75, 3.05) is 0 Å². The minimum Gasteiger partial charge on any atom is -1.00 e. The van der Waals surface area contributed by atoms with Gasteiger partial charge in [-0.3, -0.25) is 12.2 Å². The van der Waals surface area contributed by atoms with E-state index in [0.717, 1.165) is 6.42 Å². The maximum Gasteiger partial charge on any atom is 4.00 e. The zero-order valence-electron chi connectivity index (χ0n) is 10.8. The Kier molecular flexibility index (Phi) is 19.8. The fourth-order valence-electron chi connectivity index (χ4n) is 1.36. The molecule has 0 fully saturated rings. The summed E-state index contributed by atoms with van der Waals surface area (Å²) < 4.78 is 0. The molecule has 0 heterocycles. The van der Waals surface area contributed by atoms with Crippen LogP contribution >= 0.6 is 0 Å². The summed E-state index contributed by atoms with van der Waals surface area (Å²) in [6.07, 6.45) is 21.9. The molecule has 0 amide bonds. The minimum atomic E-state index is -0.0559. The van der Waals surface area contributed by atoms with Gasteiger partial charge in [-0.15, -0.1) is 12.0 Å². The Morgan fingerprint density at radius 3 is 2.33 bits per heavy atom. The number of halogens is 2. The summed E-state index contributed by atoms with van der Waals surface area (Å²) in [5.74, 6) is 0. The molecular formula is C14H18Cl2SiTi. The summed E-state index contributed by atoms with van der Waals surface area (Å²) in [5.41, 5.74) is 0.677. The van der Waals surface area contributed by atoms with Gasteiger partial charge in [-0.1, -0.05) is 11.3 Å². The van der Waals surface area contributed by atoms with E-state index in [1.807, 2.05) is 18.2 Å². The van der Waals surface area contributed by atoms with Gasteiger partial charge in [-0.25, -0.2) is 24.3 Å². The van der Waals surface area contributed by atoms with Gasteiger partial charge in [0.2, 0.25) is 0 Å². The second kappa shape index (κ2) is 15.3. The van der Waals surface area contributed by atoms with Gasteiger partial charge in [0.15, 0.2) is 0 Å². The molecule has 4 heteroatoms. The van der Waals surface area contributed by atoms with Crippen molar-refractivity contribution in [3.63, 3.8) is 0 Å². The van der Waals surface area contributed by atoms with Crippen LogP contribution in [-0.4, -0.2) is 9.52 Å². The van der Waals surface area contributed by atoms with E-state index in [9.17, 15) is 0 Å². The Bertz CT molecular complexity index is 309. The van der Waals surface area contributed by atoms with Crippen LogP contribution < -0.4 is 24.8 Å². The summed E-state index contributed by atoms with van der Waals surface area (Å²) >= 11 is 0. The first-order valence-corrected chi connectivity index (χ1v) is 6.95. The molecule has 0 aromatic rings. The predicted octanol–water partition coefficient (Wildman–Crippen LogP) is -2.89. The van der Waals surface area contributed by atoms with Crippen LogP contribution in [0.15, 0.2) is 47.7 Å². The third-order valence-corrected chi connectivity index (χ3v) is 4.37. The molecule has 96 valence electrons. The molecule has 0 aromatic heterocycles. The third-order valence-electron chi connectivity index (χ3n) is 2.37. The average molecular weight is 333 g/mol. The minimum absolute atomic E-state index is 0. The smallest absolute Gasteiger partial charge is 1.00 e.